The van der Waals surface area contributed by atoms with Crippen LogP contribution in [0.4, 0.5) is 5.13 Å². The number of nitrogens with zero attached hydrogens (tertiary/aromatic N) is 1. The molecule has 0 bridgehead atoms. The van der Waals surface area contributed by atoms with Crippen molar-refractivity contribution in [3.05, 3.63) is 52.9 Å². The summed E-state index contributed by atoms with van der Waals surface area (Å²) in [5, 5.41) is 4.96. The Morgan fingerprint density at radius 3 is 2.52 bits per heavy atom. The van der Waals surface area contributed by atoms with Crippen LogP contribution in [0, 0.1) is 0 Å². The van der Waals surface area contributed by atoms with E-state index in [-0.39, 0.29) is 10.0 Å². The van der Waals surface area contributed by atoms with Crippen molar-refractivity contribution in [1.29, 1.82) is 0 Å². The van der Waals surface area contributed by atoms with Crippen LogP contribution in [0.1, 0.15) is 0 Å². The highest BCUT2D eigenvalue weighted by atomic mass is 35.5. The predicted molar refractivity (Wildman–Crippen MR) is 113 cm³/mol. The second-order valence-electron chi connectivity index (χ2n) is 5.87. The third-order valence-corrected chi connectivity index (χ3v) is 6.57. The van der Waals surface area contributed by atoms with E-state index < -0.39 is 21.5 Å². The van der Waals surface area contributed by atoms with Crippen molar-refractivity contribution < 1.29 is 22.7 Å². The normalized spacial score (nSPS) is 11.1. The second-order valence-corrected chi connectivity index (χ2v) is 9.15. The van der Waals surface area contributed by atoms with Crippen LogP contribution in [0.15, 0.2) is 52.7 Å². The lowest BCUT2D eigenvalue weighted by molar-refractivity contribution is -0.113. The van der Waals surface area contributed by atoms with Crippen molar-refractivity contribution in [2.45, 2.75) is 4.90 Å². The van der Waals surface area contributed by atoms with Gasteiger partial charge in [-0.15, -0.1) is 11.3 Å². The maximum Gasteiger partial charge on any atom is 0.241 e. The molecule has 1 N–H and O–H groups in total. The quantitative estimate of drug-likeness (QED) is 0.584. The van der Waals surface area contributed by atoms with Crippen LogP contribution in [-0.2, 0) is 14.6 Å². The number of methoxy groups -OCH3 is 2. The van der Waals surface area contributed by atoms with E-state index in [9.17, 15) is 13.2 Å². The maximum atomic E-state index is 12.4. The van der Waals surface area contributed by atoms with Gasteiger partial charge in [-0.05, 0) is 42.5 Å². The van der Waals surface area contributed by atoms with Crippen LogP contribution in [0.5, 0.6) is 11.5 Å². The third-order valence-electron chi connectivity index (χ3n) is 3.93. The topological polar surface area (TPSA) is 94.6 Å². The van der Waals surface area contributed by atoms with Crippen LogP contribution in [0.3, 0.4) is 0 Å². The van der Waals surface area contributed by atoms with E-state index in [4.69, 9.17) is 21.1 Å². The highest BCUT2D eigenvalue weighted by molar-refractivity contribution is 7.92. The monoisotopic (exact) mass is 452 g/mol. The minimum absolute atomic E-state index is 0.0259. The summed E-state index contributed by atoms with van der Waals surface area (Å²) in [5.41, 5.74) is 1.26. The Morgan fingerprint density at radius 2 is 1.86 bits per heavy atom. The average molecular weight is 453 g/mol. The lowest BCUT2D eigenvalue weighted by Gasteiger charge is -2.08. The summed E-state index contributed by atoms with van der Waals surface area (Å²) in [4.78, 5) is 16.6. The Balaban J connectivity index is 1.75. The molecule has 152 valence electrons. The minimum atomic E-state index is -3.79. The van der Waals surface area contributed by atoms with Gasteiger partial charge in [-0.1, -0.05) is 11.6 Å². The van der Waals surface area contributed by atoms with Gasteiger partial charge in [-0.2, -0.15) is 0 Å². The summed E-state index contributed by atoms with van der Waals surface area (Å²) in [6, 6.07) is 10.9. The number of sulfone groups is 1. The molecule has 10 heteroatoms. The van der Waals surface area contributed by atoms with Crippen molar-refractivity contribution in [2.75, 3.05) is 25.3 Å². The van der Waals surface area contributed by atoms with Crippen LogP contribution in [0.2, 0.25) is 5.02 Å². The van der Waals surface area contributed by atoms with Gasteiger partial charge in [0.1, 0.15) is 17.3 Å². The van der Waals surface area contributed by atoms with E-state index >= 15 is 0 Å². The molecule has 0 aliphatic carbocycles. The average Bonchev–Trinajstić information content (AvgIpc) is 3.15. The molecule has 0 aliphatic rings. The number of nitrogens with one attached hydrogen (secondary N) is 1. The number of aromatic nitrogens is 1. The standard InChI is InChI=1S/C19H17ClN2O5S2/c1-26-13-5-8-17(27-2)15(9-13)16-10-28-19(21-16)22-18(23)11-29(24,25)14-6-3-12(20)4-7-14/h3-10H,11H2,1-2H3,(H,21,22,23). The Kier molecular flexibility index (Phi) is 6.41. The van der Waals surface area contributed by atoms with Gasteiger partial charge in [0.15, 0.2) is 15.0 Å². The number of benzene rings is 2. The zero-order valence-corrected chi connectivity index (χ0v) is 17.9. The van der Waals surface area contributed by atoms with Gasteiger partial charge < -0.3 is 14.8 Å². The van der Waals surface area contributed by atoms with Gasteiger partial charge in [0.25, 0.3) is 0 Å². The third kappa shape index (κ3) is 5.06. The highest BCUT2D eigenvalue weighted by Crippen LogP contribution is 2.35. The van der Waals surface area contributed by atoms with Crippen molar-refractivity contribution >= 4 is 43.8 Å². The largest absolute Gasteiger partial charge is 0.497 e. The molecular formula is C19H17ClN2O5S2. The molecule has 0 radical (unpaired) electrons. The van der Waals surface area contributed by atoms with Crippen molar-refractivity contribution in [1.82, 2.24) is 4.98 Å². The van der Waals surface area contributed by atoms with E-state index in [1.807, 2.05) is 0 Å². The summed E-state index contributed by atoms with van der Waals surface area (Å²) < 4.78 is 35.3. The lowest BCUT2D eigenvalue weighted by Crippen LogP contribution is -2.22. The zero-order valence-electron chi connectivity index (χ0n) is 15.5. The van der Waals surface area contributed by atoms with Gasteiger partial charge >= 0.3 is 0 Å². The summed E-state index contributed by atoms with van der Waals surface area (Å²) in [6.07, 6.45) is 0. The van der Waals surface area contributed by atoms with Crippen LogP contribution < -0.4 is 14.8 Å². The molecule has 3 rings (SSSR count). The maximum absolute atomic E-state index is 12.4. The second kappa shape index (κ2) is 8.81. The Morgan fingerprint density at radius 1 is 1.14 bits per heavy atom. The van der Waals surface area contributed by atoms with Crippen LogP contribution >= 0.6 is 22.9 Å². The Hall–Kier alpha value is -2.62. The lowest BCUT2D eigenvalue weighted by atomic mass is 10.1. The van der Waals surface area contributed by atoms with Gasteiger partial charge in [-0.25, -0.2) is 13.4 Å². The number of anilines is 1. The molecular weight excluding hydrogens is 436 g/mol. The smallest absolute Gasteiger partial charge is 0.241 e. The number of hydrogen-bond donors (Lipinski definition) is 1. The highest BCUT2D eigenvalue weighted by Gasteiger charge is 2.20. The number of rotatable bonds is 7. The molecule has 29 heavy (non-hydrogen) atoms. The molecule has 1 heterocycles. The molecule has 2 aromatic carbocycles. The van der Waals surface area contributed by atoms with Gasteiger partial charge in [-0.3, -0.25) is 4.79 Å². The summed E-state index contributed by atoms with van der Waals surface area (Å²) in [7, 11) is -0.693. The number of halogens is 1. The van der Waals surface area contributed by atoms with E-state index in [0.717, 1.165) is 0 Å². The number of ether oxygens (including phenoxy) is 2. The minimum Gasteiger partial charge on any atom is -0.497 e. The summed E-state index contributed by atoms with van der Waals surface area (Å²) >= 11 is 6.95. The van der Waals surface area contributed by atoms with E-state index in [0.29, 0.717) is 27.8 Å². The molecule has 0 fully saturated rings. The Bertz CT molecular complexity index is 1130. The molecule has 0 saturated carbocycles. The molecule has 0 saturated heterocycles. The molecule has 0 unspecified atom stereocenters. The Labute approximate surface area is 177 Å². The fourth-order valence-electron chi connectivity index (χ4n) is 2.52. The SMILES string of the molecule is COc1ccc(OC)c(-c2csc(NC(=O)CS(=O)(=O)c3ccc(Cl)cc3)n2)c1. The zero-order chi connectivity index (χ0) is 21.0. The molecule has 3 aromatic rings. The number of amides is 1. The first kappa shape index (κ1) is 21.1. The first-order chi connectivity index (χ1) is 13.8. The first-order valence-corrected chi connectivity index (χ1v) is 11.2. The van der Waals surface area contributed by atoms with Crippen molar-refractivity contribution in [2.24, 2.45) is 0 Å². The van der Waals surface area contributed by atoms with Crippen LogP contribution in [-0.4, -0.2) is 39.3 Å². The van der Waals surface area contributed by atoms with E-state index in [2.05, 4.69) is 10.3 Å². The van der Waals surface area contributed by atoms with Gasteiger partial charge in [0, 0.05) is 16.0 Å². The predicted octanol–water partition coefficient (Wildman–Crippen LogP) is 3.89. The fourth-order valence-corrected chi connectivity index (χ4v) is 4.51. The molecule has 0 aliphatic heterocycles. The van der Waals surface area contributed by atoms with E-state index in [1.54, 1.807) is 37.8 Å². The molecule has 1 amide bonds. The number of thiazole rings is 1. The van der Waals surface area contributed by atoms with Gasteiger partial charge in [0.05, 0.1) is 24.8 Å². The fraction of sp³-hybridized carbons (Fsp3) is 0.158. The first-order valence-electron chi connectivity index (χ1n) is 8.28. The molecule has 7 nitrogen and oxygen atoms in total. The van der Waals surface area contributed by atoms with Crippen molar-refractivity contribution in [3.8, 4) is 22.8 Å². The molecule has 0 spiro atoms. The van der Waals surface area contributed by atoms with Crippen LogP contribution in [0.25, 0.3) is 11.3 Å². The number of carbonyl (C=O) groups is 1. The molecule has 1 aromatic heterocycles. The number of carbonyl (C=O) groups excluding carboxylic acids is 1. The summed E-state index contributed by atoms with van der Waals surface area (Å²) in [6.45, 7) is 0. The summed E-state index contributed by atoms with van der Waals surface area (Å²) in [5.74, 6) is -0.155. The number of hydrogen-bond acceptors (Lipinski definition) is 7. The van der Waals surface area contributed by atoms with E-state index in [1.165, 1.54) is 35.6 Å². The van der Waals surface area contributed by atoms with Crippen molar-refractivity contribution in [3.63, 3.8) is 0 Å². The van der Waals surface area contributed by atoms with Gasteiger partial charge in [0.2, 0.25) is 5.91 Å². The molecule has 0 atom stereocenters.